The monoisotopic (exact) mass is 272 g/mol. The summed E-state index contributed by atoms with van der Waals surface area (Å²) in [6, 6.07) is 7.36. The molecule has 0 aliphatic carbocycles. The van der Waals surface area contributed by atoms with Crippen LogP contribution in [-0.2, 0) is 6.54 Å². The van der Waals surface area contributed by atoms with Gasteiger partial charge < -0.3 is 5.32 Å². The van der Waals surface area contributed by atoms with E-state index >= 15 is 0 Å². The van der Waals surface area contributed by atoms with Crippen LogP contribution in [0, 0.1) is 19.8 Å². The van der Waals surface area contributed by atoms with Crippen LogP contribution >= 0.6 is 0 Å². The van der Waals surface area contributed by atoms with Crippen molar-refractivity contribution in [3.05, 3.63) is 47.5 Å². The molecule has 1 atom stereocenters. The van der Waals surface area contributed by atoms with Crippen molar-refractivity contribution >= 4 is 5.91 Å². The van der Waals surface area contributed by atoms with Crippen molar-refractivity contribution in [2.45, 2.75) is 27.3 Å². The summed E-state index contributed by atoms with van der Waals surface area (Å²) in [5, 5.41) is 7.33. The first-order valence-corrected chi connectivity index (χ1v) is 6.76. The molecule has 0 saturated heterocycles. The van der Waals surface area contributed by atoms with Crippen LogP contribution in [0.2, 0.25) is 0 Å². The van der Waals surface area contributed by atoms with Crippen molar-refractivity contribution in [3.63, 3.8) is 0 Å². The van der Waals surface area contributed by atoms with Crippen molar-refractivity contribution in [3.8, 4) is 0 Å². The molecule has 1 N–H and O–H groups in total. The van der Waals surface area contributed by atoms with Gasteiger partial charge in [0.15, 0.2) is 0 Å². The first-order chi connectivity index (χ1) is 9.56. The second kappa shape index (κ2) is 6.32. The van der Waals surface area contributed by atoms with Gasteiger partial charge in [-0.2, -0.15) is 5.10 Å². The van der Waals surface area contributed by atoms with E-state index in [4.69, 9.17) is 0 Å². The van der Waals surface area contributed by atoms with E-state index in [-0.39, 0.29) is 5.91 Å². The second-order valence-corrected chi connectivity index (χ2v) is 5.14. The molecule has 5 nitrogen and oxygen atoms in total. The van der Waals surface area contributed by atoms with Gasteiger partial charge in [0.1, 0.15) is 5.69 Å². The number of amides is 1. The van der Waals surface area contributed by atoms with Crippen molar-refractivity contribution in [2.24, 2.45) is 5.92 Å². The zero-order chi connectivity index (χ0) is 14.5. The van der Waals surface area contributed by atoms with Crippen LogP contribution in [0.3, 0.4) is 0 Å². The van der Waals surface area contributed by atoms with Gasteiger partial charge in [-0.15, -0.1) is 0 Å². The van der Waals surface area contributed by atoms with E-state index < -0.39 is 0 Å². The third kappa shape index (κ3) is 3.66. The van der Waals surface area contributed by atoms with Gasteiger partial charge >= 0.3 is 0 Å². The summed E-state index contributed by atoms with van der Waals surface area (Å²) in [4.78, 5) is 15.9. The van der Waals surface area contributed by atoms with Crippen molar-refractivity contribution in [1.82, 2.24) is 20.1 Å². The third-order valence-electron chi connectivity index (χ3n) is 3.10. The number of rotatable bonds is 5. The zero-order valence-electron chi connectivity index (χ0n) is 12.1. The lowest BCUT2D eigenvalue weighted by Gasteiger charge is -2.13. The molecule has 5 heteroatoms. The van der Waals surface area contributed by atoms with Crippen LogP contribution < -0.4 is 5.32 Å². The number of nitrogens with zero attached hydrogens (tertiary/aromatic N) is 3. The molecule has 0 aromatic carbocycles. The van der Waals surface area contributed by atoms with E-state index in [1.54, 1.807) is 24.4 Å². The van der Waals surface area contributed by atoms with Gasteiger partial charge in [-0.1, -0.05) is 13.0 Å². The van der Waals surface area contributed by atoms with Gasteiger partial charge in [-0.3, -0.25) is 14.5 Å². The average Bonchev–Trinajstić information content (AvgIpc) is 2.75. The SMILES string of the molecule is Cc1cc(C)n(C[C@H](C)CNC(=O)c2ccccn2)n1. The molecule has 0 fully saturated rings. The van der Waals surface area contributed by atoms with Crippen LogP contribution in [0.15, 0.2) is 30.5 Å². The molecule has 0 aliphatic heterocycles. The van der Waals surface area contributed by atoms with Crippen LogP contribution in [0.1, 0.15) is 28.8 Å². The Labute approximate surface area is 119 Å². The minimum atomic E-state index is -0.134. The minimum absolute atomic E-state index is 0.134. The molecule has 0 radical (unpaired) electrons. The average molecular weight is 272 g/mol. The largest absolute Gasteiger partial charge is 0.350 e. The molecule has 0 aliphatic rings. The fraction of sp³-hybridized carbons (Fsp3) is 0.400. The molecular weight excluding hydrogens is 252 g/mol. The Morgan fingerprint density at radius 2 is 2.20 bits per heavy atom. The maximum atomic E-state index is 11.9. The molecule has 0 bridgehead atoms. The van der Waals surface area contributed by atoms with Gasteiger partial charge in [0, 0.05) is 25.0 Å². The first kappa shape index (κ1) is 14.2. The summed E-state index contributed by atoms with van der Waals surface area (Å²) in [6.45, 7) is 7.52. The molecule has 2 aromatic heterocycles. The summed E-state index contributed by atoms with van der Waals surface area (Å²) in [5.74, 6) is 0.173. The quantitative estimate of drug-likeness (QED) is 0.905. The summed E-state index contributed by atoms with van der Waals surface area (Å²) < 4.78 is 1.98. The van der Waals surface area contributed by atoms with E-state index in [1.165, 1.54) is 0 Å². The smallest absolute Gasteiger partial charge is 0.269 e. The fourth-order valence-corrected chi connectivity index (χ4v) is 2.07. The predicted molar refractivity (Wildman–Crippen MR) is 77.4 cm³/mol. The standard InChI is InChI=1S/C15H20N4O/c1-11(10-19-13(3)8-12(2)18-19)9-17-15(20)14-6-4-5-7-16-14/h4-8,11H,9-10H2,1-3H3,(H,17,20)/t11-/m1/s1. The van der Waals surface area contributed by atoms with Gasteiger partial charge in [0.25, 0.3) is 5.91 Å². The number of hydrogen-bond donors (Lipinski definition) is 1. The Morgan fingerprint density at radius 1 is 1.40 bits per heavy atom. The van der Waals surface area contributed by atoms with Crippen LogP contribution in [0.25, 0.3) is 0 Å². The molecule has 0 saturated carbocycles. The molecule has 2 rings (SSSR count). The zero-order valence-corrected chi connectivity index (χ0v) is 12.1. The van der Waals surface area contributed by atoms with Gasteiger partial charge in [-0.25, -0.2) is 0 Å². The number of aryl methyl sites for hydroxylation is 2. The molecule has 20 heavy (non-hydrogen) atoms. The highest BCUT2D eigenvalue weighted by atomic mass is 16.1. The Bertz CT molecular complexity index is 577. The second-order valence-electron chi connectivity index (χ2n) is 5.14. The maximum Gasteiger partial charge on any atom is 0.269 e. The Balaban J connectivity index is 1.85. The van der Waals surface area contributed by atoms with Gasteiger partial charge in [-0.05, 0) is 38.0 Å². The molecule has 2 aromatic rings. The first-order valence-electron chi connectivity index (χ1n) is 6.76. The summed E-state index contributed by atoms with van der Waals surface area (Å²) in [7, 11) is 0. The summed E-state index contributed by atoms with van der Waals surface area (Å²) >= 11 is 0. The lowest BCUT2D eigenvalue weighted by atomic mass is 10.2. The van der Waals surface area contributed by atoms with E-state index in [1.807, 2.05) is 18.5 Å². The molecule has 0 unspecified atom stereocenters. The maximum absolute atomic E-state index is 11.9. The Hall–Kier alpha value is -2.17. The van der Waals surface area contributed by atoms with Crippen molar-refractivity contribution in [2.75, 3.05) is 6.54 Å². The molecule has 1 amide bonds. The normalized spacial score (nSPS) is 12.2. The highest BCUT2D eigenvalue weighted by molar-refractivity contribution is 5.92. The number of hydrogen-bond acceptors (Lipinski definition) is 3. The van der Waals surface area contributed by atoms with Crippen molar-refractivity contribution < 1.29 is 4.79 Å². The molecule has 106 valence electrons. The van der Waals surface area contributed by atoms with Gasteiger partial charge in [0.2, 0.25) is 0 Å². The van der Waals surface area contributed by atoms with Crippen LogP contribution in [0.5, 0.6) is 0 Å². The third-order valence-corrected chi connectivity index (χ3v) is 3.10. The Morgan fingerprint density at radius 3 is 2.80 bits per heavy atom. The molecular formula is C15H20N4O. The lowest BCUT2D eigenvalue weighted by molar-refractivity contribution is 0.0941. The number of aromatic nitrogens is 3. The van der Waals surface area contributed by atoms with Crippen molar-refractivity contribution in [1.29, 1.82) is 0 Å². The number of carbonyl (C=O) groups is 1. The fourth-order valence-electron chi connectivity index (χ4n) is 2.07. The van der Waals surface area contributed by atoms with E-state index in [9.17, 15) is 4.79 Å². The minimum Gasteiger partial charge on any atom is -0.350 e. The summed E-state index contributed by atoms with van der Waals surface area (Å²) in [6.07, 6.45) is 1.62. The molecule has 2 heterocycles. The van der Waals surface area contributed by atoms with E-state index in [0.717, 1.165) is 17.9 Å². The van der Waals surface area contributed by atoms with E-state index in [2.05, 4.69) is 28.4 Å². The highest BCUT2D eigenvalue weighted by Crippen LogP contribution is 2.06. The molecule has 0 spiro atoms. The summed E-state index contributed by atoms with van der Waals surface area (Å²) in [5.41, 5.74) is 2.61. The lowest BCUT2D eigenvalue weighted by Crippen LogP contribution is -2.30. The van der Waals surface area contributed by atoms with Gasteiger partial charge in [0.05, 0.1) is 5.69 Å². The topological polar surface area (TPSA) is 59.8 Å². The van der Waals surface area contributed by atoms with E-state index in [0.29, 0.717) is 18.2 Å². The predicted octanol–water partition coefficient (Wildman–Crippen LogP) is 1.96. The number of pyridine rings is 1. The highest BCUT2D eigenvalue weighted by Gasteiger charge is 2.10. The van der Waals surface area contributed by atoms with Crippen LogP contribution in [0.4, 0.5) is 0 Å². The van der Waals surface area contributed by atoms with Crippen LogP contribution in [-0.4, -0.2) is 27.2 Å². The number of carbonyl (C=O) groups excluding carboxylic acids is 1. The number of nitrogens with one attached hydrogen (secondary N) is 1. The Kier molecular flexibility index (Phi) is 4.50.